The van der Waals surface area contributed by atoms with Gasteiger partial charge in [0.15, 0.2) is 0 Å². The maximum atomic E-state index is 11.7. The number of phenols is 1. The molecule has 2 aromatic carbocycles. The summed E-state index contributed by atoms with van der Waals surface area (Å²) in [4.78, 5) is 24.5. The molecule has 0 unspecified atom stereocenters. The lowest BCUT2D eigenvalue weighted by Crippen LogP contribution is -2.43. The molecular formula is C17H18N2O4S. The molecule has 0 fully saturated rings. The number of benzene rings is 2. The van der Waals surface area contributed by atoms with E-state index in [0.717, 1.165) is 10.6 Å². The number of ether oxygens (including phenoxy) is 1. The molecule has 0 aliphatic carbocycles. The Hall–Kier alpha value is -2.51. The topological polar surface area (TPSA) is 87.7 Å². The van der Waals surface area contributed by atoms with Gasteiger partial charge in [-0.2, -0.15) is 0 Å². The summed E-state index contributed by atoms with van der Waals surface area (Å²) in [5.74, 6) is -0.107. The number of hydrogen-bond acceptors (Lipinski definition) is 5. The van der Waals surface area contributed by atoms with Crippen LogP contribution in [0.5, 0.6) is 5.75 Å². The monoisotopic (exact) mass is 346 g/mol. The molecule has 7 heteroatoms. The van der Waals surface area contributed by atoms with E-state index < -0.39 is 11.8 Å². The summed E-state index contributed by atoms with van der Waals surface area (Å²) in [6.45, 7) is 0.296. The van der Waals surface area contributed by atoms with Gasteiger partial charge in [0.2, 0.25) is 0 Å². The van der Waals surface area contributed by atoms with Crippen molar-refractivity contribution in [2.45, 2.75) is 4.90 Å². The fourth-order valence-corrected chi connectivity index (χ4v) is 2.53. The first-order chi connectivity index (χ1) is 11.6. The van der Waals surface area contributed by atoms with Crippen LogP contribution in [0, 0.1) is 0 Å². The van der Waals surface area contributed by atoms with Crippen LogP contribution < -0.4 is 10.9 Å². The van der Waals surface area contributed by atoms with Gasteiger partial charge in [-0.1, -0.05) is 18.2 Å². The zero-order valence-corrected chi connectivity index (χ0v) is 13.7. The summed E-state index contributed by atoms with van der Waals surface area (Å²) in [5.41, 5.74) is 4.88. The van der Waals surface area contributed by atoms with Crippen LogP contribution in [0.25, 0.3) is 0 Å². The van der Waals surface area contributed by atoms with Crippen LogP contribution in [0.15, 0.2) is 59.5 Å². The Balaban J connectivity index is 1.58. The number of nitrogens with one attached hydrogen (secondary N) is 2. The van der Waals surface area contributed by atoms with Crippen LogP contribution in [0.2, 0.25) is 0 Å². The third-order valence-electron chi connectivity index (χ3n) is 2.92. The highest BCUT2D eigenvalue weighted by Gasteiger charge is 2.07. The van der Waals surface area contributed by atoms with E-state index in [1.807, 2.05) is 30.3 Å². The molecule has 3 N–H and O–H groups in total. The minimum atomic E-state index is -0.469. The van der Waals surface area contributed by atoms with Crippen molar-refractivity contribution in [1.82, 2.24) is 10.9 Å². The lowest BCUT2D eigenvalue weighted by molar-refractivity contribution is -0.126. The van der Waals surface area contributed by atoms with Crippen LogP contribution in [-0.4, -0.2) is 35.9 Å². The Labute approximate surface area is 144 Å². The third kappa shape index (κ3) is 6.31. The highest BCUT2D eigenvalue weighted by atomic mass is 32.2. The van der Waals surface area contributed by atoms with Gasteiger partial charge >= 0.3 is 0 Å². The quantitative estimate of drug-likeness (QED) is 0.405. The molecule has 0 saturated carbocycles. The Morgan fingerprint density at radius 1 is 1.00 bits per heavy atom. The molecule has 2 rings (SSSR count). The number of hydrogen-bond donors (Lipinski definition) is 3. The predicted molar refractivity (Wildman–Crippen MR) is 91.7 cm³/mol. The Morgan fingerprint density at radius 2 is 1.71 bits per heavy atom. The maximum Gasteiger partial charge on any atom is 0.269 e. The normalized spacial score (nSPS) is 10.2. The van der Waals surface area contributed by atoms with Gasteiger partial charge in [-0.15, -0.1) is 11.8 Å². The molecule has 0 aliphatic rings. The number of carbonyl (C=O) groups excluding carboxylic acids is 2. The van der Waals surface area contributed by atoms with Crippen molar-refractivity contribution >= 4 is 23.6 Å². The van der Waals surface area contributed by atoms with Gasteiger partial charge in [0.25, 0.3) is 11.8 Å². The third-order valence-corrected chi connectivity index (χ3v) is 3.89. The van der Waals surface area contributed by atoms with E-state index in [0.29, 0.717) is 12.2 Å². The van der Waals surface area contributed by atoms with Gasteiger partial charge in [-0.25, -0.2) is 0 Å². The highest BCUT2D eigenvalue weighted by molar-refractivity contribution is 7.99. The van der Waals surface area contributed by atoms with E-state index in [9.17, 15) is 9.59 Å². The summed E-state index contributed by atoms with van der Waals surface area (Å²) in [7, 11) is 0. The van der Waals surface area contributed by atoms with Crippen molar-refractivity contribution in [1.29, 1.82) is 0 Å². The number of aromatic hydroxyl groups is 1. The van der Waals surface area contributed by atoms with Gasteiger partial charge < -0.3 is 9.84 Å². The number of amides is 2. The standard InChI is InChI=1S/C17H18N2O4S/c20-14-8-6-13(7-9-14)17(22)19-18-16(21)12-23-10-11-24-15-4-2-1-3-5-15/h1-9,20H,10-12H2,(H,18,21)(H,19,22). The summed E-state index contributed by atoms with van der Waals surface area (Å²) >= 11 is 1.64. The van der Waals surface area contributed by atoms with Gasteiger partial charge in [0.05, 0.1) is 6.61 Å². The molecule has 24 heavy (non-hydrogen) atoms. The molecule has 0 radical (unpaired) electrons. The van der Waals surface area contributed by atoms with E-state index in [4.69, 9.17) is 9.84 Å². The van der Waals surface area contributed by atoms with Crippen molar-refractivity contribution in [3.8, 4) is 5.75 Å². The van der Waals surface area contributed by atoms with Crippen molar-refractivity contribution in [2.24, 2.45) is 0 Å². The van der Waals surface area contributed by atoms with Crippen molar-refractivity contribution in [3.63, 3.8) is 0 Å². The SMILES string of the molecule is O=C(COCCSc1ccccc1)NNC(=O)c1ccc(O)cc1. The van der Waals surface area contributed by atoms with E-state index in [1.165, 1.54) is 24.3 Å². The van der Waals surface area contributed by atoms with Crippen molar-refractivity contribution in [3.05, 3.63) is 60.2 Å². The number of phenolic OH excluding ortho intramolecular Hbond substituents is 1. The molecule has 0 heterocycles. The molecule has 0 aliphatic heterocycles. The lowest BCUT2D eigenvalue weighted by Gasteiger charge is -2.08. The number of hydrazine groups is 1. The minimum Gasteiger partial charge on any atom is -0.508 e. The molecule has 0 spiro atoms. The fraction of sp³-hybridized carbons (Fsp3) is 0.176. The molecule has 2 aromatic rings. The minimum absolute atomic E-state index is 0.0670. The average molecular weight is 346 g/mol. The van der Waals surface area contributed by atoms with Gasteiger partial charge in [0, 0.05) is 16.2 Å². The van der Waals surface area contributed by atoms with Gasteiger partial charge in [-0.05, 0) is 36.4 Å². The fourth-order valence-electron chi connectivity index (χ4n) is 1.75. The first-order valence-corrected chi connectivity index (χ1v) is 8.27. The zero-order chi connectivity index (χ0) is 17.2. The van der Waals surface area contributed by atoms with E-state index in [2.05, 4.69) is 10.9 Å². The van der Waals surface area contributed by atoms with Crippen LogP contribution in [0.3, 0.4) is 0 Å². The number of thioether (sulfide) groups is 1. The summed E-state index contributed by atoms with van der Waals surface area (Å²) < 4.78 is 5.25. The average Bonchev–Trinajstić information content (AvgIpc) is 2.61. The summed E-state index contributed by atoms with van der Waals surface area (Å²) in [6.07, 6.45) is 0. The second-order valence-corrected chi connectivity index (χ2v) is 5.93. The summed E-state index contributed by atoms with van der Waals surface area (Å²) in [6, 6.07) is 15.6. The first-order valence-electron chi connectivity index (χ1n) is 7.29. The highest BCUT2D eigenvalue weighted by Crippen LogP contribution is 2.16. The zero-order valence-electron chi connectivity index (χ0n) is 12.9. The van der Waals surface area contributed by atoms with E-state index in [-0.39, 0.29) is 12.4 Å². The van der Waals surface area contributed by atoms with E-state index >= 15 is 0 Å². The molecule has 0 aromatic heterocycles. The van der Waals surface area contributed by atoms with Crippen molar-refractivity contribution < 1.29 is 19.4 Å². The first kappa shape index (κ1) is 17.8. The molecule has 0 saturated heterocycles. The van der Waals surface area contributed by atoms with Crippen LogP contribution in [0.1, 0.15) is 10.4 Å². The summed E-state index contributed by atoms with van der Waals surface area (Å²) in [5, 5.41) is 9.15. The van der Waals surface area contributed by atoms with Crippen LogP contribution >= 0.6 is 11.8 Å². The van der Waals surface area contributed by atoms with Crippen LogP contribution in [0.4, 0.5) is 0 Å². The Morgan fingerprint density at radius 3 is 2.42 bits per heavy atom. The van der Waals surface area contributed by atoms with Crippen molar-refractivity contribution in [2.75, 3.05) is 19.0 Å². The molecule has 0 atom stereocenters. The largest absolute Gasteiger partial charge is 0.508 e. The molecule has 0 bridgehead atoms. The van der Waals surface area contributed by atoms with Gasteiger partial charge in [-0.3, -0.25) is 20.4 Å². The molecule has 6 nitrogen and oxygen atoms in total. The second kappa shape index (κ2) is 9.59. The number of carbonyl (C=O) groups is 2. The Kier molecular flexibility index (Phi) is 7.13. The predicted octanol–water partition coefficient (Wildman–Crippen LogP) is 1.96. The van der Waals surface area contributed by atoms with Gasteiger partial charge in [0.1, 0.15) is 12.4 Å². The van der Waals surface area contributed by atoms with Crippen LogP contribution in [-0.2, 0) is 9.53 Å². The Bertz CT molecular complexity index is 662. The lowest BCUT2D eigenvalue weighted by atomic mass is 10.2. The number of rotatable bonds is 7. The smallest absolute Gasteiger partial charge is 0.269 e. The second-order valence-electron chi connectivity index (χ2n) is 4.76. The molecular weight excluding hydrogens is 328 g/mol. The maximum absolute atomic E-state index is 11.7. The van der Waals surface area contributed by atoms with E-state index in [1.54, 1.807) is 11.8 Å². The molecule has 2 amide bonds. The molecule has 126 valence electrons.